The van der Waals surface area contributed by atoms with E-state index in [-0.39, 0.29) is 18.2 Å². The third kappa shape index (κ3) is 6.42. The van der Waals surface area contributed by atoms with Gasteiger partial charge in [-0.05, 0) is 36.4 Å². The van der Waals surface area contributed by atoms with E-state index in [1.165, 1.54) is 27.4 Å². The minimum absolute atomic E-state index is 0.0434. The molecule has 0 fully saturated rings. The summed E-state index contributed by atoms with van der Waals surface area (Å²) in [6.07, 6.45) is 1.42. The van der Waals surface area contributed by atoms with Crippen LogP contribution in [-0.4, -0.2) is 46.0 Å². The summed E-state index contributed by atoms with van der Waals surface area (Å²) in [5, 5.41) is 6.90. The molecule has 9 heteroatoms. The first-order chi connectivity index (χ1) is 14.0. The van der Waals surface area contributed by atoms with E-state index in [1.807, 2.05) is 0 Å². The van der Waals surface area contributed by atoms with Crippen molar-refractivity contribution in [2.75, 3.05) is 33.2 Å². The second-order valence-electron chi connectivity index (χ2n) is 5.72. The van der Waals surface area contributed by atoms with Crippen molar-refractivity contribution in [3.63, 3.8) is 0 Å². The van der Waals surface area contributed by atoms with Crippen molar-refractivity contribution in [3.8, 4) is 23.0 Å². The first kappa shape index (κ1) is 21.5. The van der Waals surface area contributed by atoms with Crippen molar-refractivity contribution in [2.24, 2.45) is 5.10 Å². The van der Waals surface area contributed by atoms with E-state index in [0.717, 1.165) is 11.4 Å². The highest BCUT2D eigenvalue weighted by Crippen LogP contribution is 2.38. The standard InChI is InChI=1S/C20H23N3O6/c1-13(24)29-20-17(27-3)9-14(10-18(20)28-4)11-22-23-19(25)12-21-15-5-7-16(26-2)8-6-15/h5-11,21H,12H2,1-4H3,(H,23,25)/b22-11-. The molecular formula is C20H23N3O6. The Bertz CT molecular complexity index is 855. The maximum Gasteiger partial charge on any atom is 0.308 e. The number of hydrogen-bond donors (Lipinski definition) is 2. The Morgan fingerprint density at radius 1 is 1.00 bits per heavy atom. The molecule has 0 atom stereocenters. The summed E-state index contributed by atoms with van der Waals surface area (Å²) in [5.41, 5.74) is 3.78. The van der Waals surface area contributed by atoms with E-state index in [1.54, 1.807) is 43.5 Å². The van der Waals surface area contributed by atoms with Gasteiger partial charge in [-0.1, -0.05) is 0 Å². The first-order valence-electron chi connectivity index (χ1n) is 8.61. The summed E-state index contributed by atoms with van der Waals surface area (Å²) in [5.74, 6) is 0.678. The molecule has 9 nitrogen and oxygen atoms in total. The SMILES string of the molecule is COc1ccc(NCC(=O)N/N=C\c2cc(OC)c(OC(C)=O)c(OC)c2)cc1. The zero-order valence-corrected chi connectivity index (χ0v) is 16.6. The topological polar surface area (TPSA) is 107 Å². The van der Waals surface area contributed by atoms with E-state index in [9.17, 15) is 9.59 Å². The Labute approximate surface area is 168 Å². The van der Waals surface area contributed by atoms with Crippen LogP contribution in [0.3, 0.4) is 0 Å². The molecule has 0 saturated heterocycles. The molecule has 2 rings (SSSR count). The molecule has 0 aliphatic carbocycles. The summed E-state index contributed by atoms with van der Waals surface area (Å²) in [4.78, 5) is 23.2. The number of ether oxygens (including phenoxy) is 4. The van der Waals surface area contributed by atoms with Gasteiger partial charge in [-0.15, -0.1) is 0 Å². The minimum atomic E-state index is -0.500. The summed E-state index contributed by atoms with van der Waals surface area (Å²) < 4.78 is 20.7. The third-order valence-electron chi connectivity index (χ3n) is 3.67. The zero-order chi connectivity index (χ0) is 21.2. The Hall–Kier alpha value is -3.75. The van der Waals surface area contributed by atoms with E-state index in [0.29, 0.717) is 17.1 Å². The third-order valence-corrected chi connectivity index (χ3v) is 3.67. The Balaban J connectivity index is 1.97. The van der Waals surface area contributed by atoms with Gasteiger partial charge >= 0.3 is 5.97 Å². The molecule has 0 saturated carbocycles. The molecule has 2 aromatic rings. The molecule has 0 aliphatic heterocycles. The summed E-state index contributed by atoms with van der Waals surface area (Å²) in [6.45, 7) is 1.32. The average molecular weight is 401 g/mol. The minimum Gasteiger partial charge on any atom is -0.497 e. The maximum atomic E-state index is 11.9. The van der Waals surface area contributed by atoms with Crippen molar-refractivity contribution in [1.29, 1.82) is 0 Å². The van der Waals surface area contributed by atoms with Gasteiger partial charge in [0, 0.05) is 18.2 Å². The number of nitrogens with zero attached hydrogens (tertiary/aromatic N) is 1. The van der Waals surface area contributed by atoms with Crippen LogP contribution in [0.1, 0.15) is 12.5 Å². The number of hydrogen-bond acceptors (Lipinski definition) is 8. The quantitative estimate of drug-likeness (QED) is 0.287. The fourth-order valence-corrected chi connectivity index (χ4v) is 2.33. The summed E-state index contributed by atoms with van der Waals surface area (Å²) in [6, 6.07) is 10.4. The molecule has 0 heterocycles. The van der Waals surface area contributed by atoms with E-state index >= 15 is 0 Å². The van der Waals surface area contributed by atoms with Crippen molar-refractivity contribution in [2.45, 2.75) is 6.92 Å². The number of methoxy groups -OCH3 is 3. The van der Waals surface area contributed by atoms with Crippen LogP contribution in [0.25, 0.3) is 0 Å². The molecule has 0 aliphatic rings. The van der Waals surface area contributed by atoms with Crippen LogP contribution in [0.15, 0.2) is 41.5 Å². The molecule has 2 aromatic carbocycles. The molecule has 0 aromatic heterocycles. The largest absolute Gasteiger partial charge is 0.497 e. The van der Waals surface area contributed by atoms with E-state index in [2.05, 4.69) is 15.8 Å². The fourth-order valence-electron chi connectivity index (χ4n) is 2.33. The van der Waals surface area contributed by atoms with Gasteiger partial charge in [0.2, 0.25) is 5.75 Å². The maximum absolute atomic E-state index is 11.9. The van der Waals surface area contributed by atoms with Gasteiger partial charge < -0.3 is 24.3 Å². The fraction of sp³-hybridized carbons (Fsp3) is 0.250. The Kier molecular flexibility index (Phi) is 7.84. The van der Waals surface area contributed by atoms with Crippen molar-refractivity contribution >= 4 is 23.8 Å². The van der Waals surface area contributed by atoms with E-state index < -0.39 is 5.97 Å². The van der Waals surface area contributed by atoms with Gasteiger partial charge in [0.05, 0.1) is 34.1 Å². The highest BCUT2D eigenvalue weighted by molar-refractivity contribution is 5.86. The van der Waals surface area contributed by atoms with Crippen LogP contribution in [-0.2, 0) is 9.59 Å². The number of esters is 1. The van der Waals surface area contributed by atoms with Crippen LogP contribution in [0.2, 0.25) is 0 Å². The van der Waals surface area contributed by atoms with Gasteiger partial charge in [-0.25, -0.2) is 5.43 Å². The highest BCUT2D eigenvalue weighted by atomic mass is 16.6. The smallest absolute Gasteiger partial charge is 0.308 e. The number of carbonyl (C=O) groups is 2. The lowest BCUT2D eigenvalue weighted by molar-refractivity contribution is -0.132. The summed E-state index contributed by atoms with van der Waals surface area (Å²) in [7, 11) is 4.47. The molecule has 2 N–H and O–H groups in total. The van der Waals surface area contributed by atoms with Crippen molar-refractivity contribution in [3.05, 3.63) is 42.0 Å². The lowest BCUT2D eigenvalue weighted by atomic mass is 10.2. The van der Waals surface area contributed by atoms with Gasteiger partial charge in [-0.3, -0.25) is 9.59 Å². The molecule has 0 bridgehead atoms. The second-order valence-corrected chi connectivity index (χ2v) is 5.72. The number of rotatable bonds is 9. The number of anilines is 1. The predicted octanol–water partition coefficient (Wildman–Crippen LogP) is 2.20. The lowest BCUT2D eigenvalue weighted by Gasteiger charge is -2.13. The van der Waals surface area contributed by atoms with Gasteiger partial charge in [0.15, 0.2) is 11.5 Å². The van der Waals surface area contributed by atoms with Gasteiger partial charge in [-0.2, -0.15) is 5.10 Å². The molecule has 0 radical (unpaired) electrons. The summed E-state index contributed by atoms with van der Waals surface area (Å²) >= 11 is 0. The van der Waals surface area contributed by atoms with Gasteiger partial charge in [0.25, 0.3) is 5.91 Å². The number of nitrogens with one attached hydrogen (secondary N) is 2. The Morgan fingerprint density at radius 2 is 1.62 bits per heavy atom. The number of benzene rings is 2. The predicted molar refractivity (Wildman–Crippen MR) is 108 cm³/mol. The number of amides is 1. The van der Waals surface area contributed by atoms with Crippen molar-refractivity contribution < 1.29 is 28.5 Å². The normalized spacial score (nSPS) is 10.3. The van der Waals surface area contributed by atoms with Crippen molar-refractivity contribution in [1.82, 2.24) is 5.43 Å². The Morgan fingerprint density at radius 3 is 2.14 bits per heavy atom. The molecule has 29 heavy (non-hydrogen) atoms. The molecule has 154 valence electrons. The zero-order valence-electron chi connectivity index (χ0n) is 16.6. The van der Waals surface area contributed by atoms with Gasteiger partial charge in [0.1, 0.15) is 5.75 Å². The lowest BCUT2D eigenvalue weighted by Crippen LogP contribution is -2.25. The van der Waals surface area contributed by atoms with E-state index in [4.69, 9.17) is 18.9 Å². The first-order valence-corrected chi connectivity index (χ1v) is 8.61. The van der Waals surface area contributed by atoms with Crippen LogP contribution < -0.4 is 29.7 Å². The molecule has 1 amide bonds. The molecule has 0 unspecified atom stereocenters. The molecular weight excluding hydrogens is 378 g/mol. The monoisotopic (exact) mass is 401 g/mol. The average Bonchev–Trinajstić information content (AvgIpc) is 2.72. The molecule has 0 spiro atoms. The number of carbonyl (C=O) groups excluding carboxylic acids is 2. The van der Waals surface area contributed by atoms with Crippen LogP contribution >= 0.6 is 0 Å². The van der Waals surface area contributed by atoms with Crippen LogP contribution in [0.4, 0.5) is 5.69 Å². The number of hydrazone groups is 1. The highest BCUT2D eigenvalue weighted by Gasteiger charge is 2.15. The van der Waals surface area contributed by atoms with Crippen LogP contribution in [0, 0.1) is 0 Å². The second kappa shape index (κ2) is 10.5. The van der Waals surface area contributed by atoms with Crippen LogP contribution in [0.5, 0.6) is 23.0 Å².